The van der Waals surface area contributed by atoms with Gasteiger partial charge in [0.1, 0.15) is 0 Å². The second-order valence-electron chi connectivity index (χ2n) is 2.97. The summed E-state index contributed by atoms with van der Waals surface area (Å²) in [5.74, 6) is -0.248. The second-order valence-corrected chi connectivity index (χ2v) is 2.97. The summed E-state index contributed by atoms with van der Waals surface area (Å²) in [6.07, 6.45) is -0.0477. The molecule has 0 bridgehead atoms. The molecule has 0 N–H and O–H groups in total. The van der Waals surface area contributed by atoms with Gasteiger partial charge in [0, 0.05) is 0 Å². The van der Waals surface area contributed by atoms with Gasteiger partial charge in [0.15, 0.2) is 5.60 Å². The van der Waals surface area contributed by atoms with Gasteiger partial charge in [0.2, 0.25) is 0 Å². The fourth-order valence-electron chi connectivity index (χ4n) is 0.565. The van der Waals surface area contributed by atoms with Crippen LogP contribution in [0, 0.1) is 0 Å². The molecule has 0 spiro atoms. The van der Waals surface area contributed by atoms with Crippen LogP contribution in [0.15, 0.2) is 0 Å². The molecule has 1 rings (SSSR count). The summed E-state index contributed by atoms with van der Waals surface area (Å²) in [5.41, 5.74) is -0.621. The zero-order valence-electron chi connectivity index (χ0n) is 6.51. The van der Waals surface area contributed by atoms with Crippen LogP contribution < -0.4 is 0 Å². The van der Waals surface area contributed by atoms with Crippen LogP contribution in [0.25, 0.3) is 0 Å². The molecule has 1 atom stereocenters. The van der Waals surface area contributed by atoms with Crippen molar-refractivity contribution in [2.24, 2.45) is 0 Å². The second kappa shape index (κ2) is 2.23. The largest absolute Gasteiger partial charge is 0.461 e. The summed E-state index contributed by atoms with van der Waals surface area (Å²) in [7, 11) is 0. The van der Waals surface area contributed by atoms with Crippen molar-refractivity contribution < 1.29 is 14.3 Å². The van der Waals surface area contributed by atoms with Crippen molar-refractivity contribution in [3.63, 3.8) is 0 Å². The lowest BCUT2D eigenvalue weighted by atomic mass is 10.2. The predicted octanol–water partition coefficient (Wildman–Crippen LogP) is 0.727. The van der Waals surface area contributed by atoms with Crippen molar-refractivity contribution in [2.45, 2.75) is 32.5 Å². The Bertz CT molecular complexity index is 147. The van der Waals surface area contributed by atoms with E-state index < -0.39 is 5.60 Å². The number of hydrogen-bond acceptors (Lipinski definition) is 3. The highest BCUT2D eigenvalue weighted by atomic mass is 16.6. The van der Waals surface area contributed by atoms with Gasteiger partial charge in [0.05, 0.1) is 12.7 Å². The van der Waals surface area contributed by atoms with Crippen LogP contribution >= 0.6 is 0 Å². The Kier molecular flexibility index (Phi) is 1.68. The molecular weight excluding hydrogens is 132 g/mol. The molecule has 0 radical (unpaired) electrons. The Morgan fingerprint density at radius 1 is 1.70 bits per heavy atom. The minimum absolute atomic E-state index is 0.0477. The maximum atomic E-state index is 11.0. The maximum absolute atomic E-state index is 11.0. The van der Waals surface area contributed by atoms with Gasteiger partial charge in [-0.05, 0) is 20.8 Å². The van der Waals surface area contributed by atoms with Gasteiger partial charge in [-0.1, -0.05) is 0 Å². The van der Waals surface area contributed by atoms with Crippen LogP contribution in [0.1, 0.15) is 20.8 Å². The number of carbonyl (C=O) groups excluding carboxylic acids is 1. The van der Waals surface area contributed by atoms with Crippen LogP contribution in [0.3, 0.4) is 0 Å². The standard InChI is InChI=1S/C7H12O3/c1-5(2)10-6(8)7(3)4-9-7/h5H,4H2,1-3H3. The number of rotatable bonds is 2. The van der Waals surface area contributed by atoms with E-state index in [0.29, 0.717) is 6.61 Å². The van der Waals surface area contributed by atoms with E-state index >= 15 is 0 Å². The van der Waals surface area contributed by atoms with E-state index in [-0.39, 0.29) is 12.1 Å². The lowest BCUT2D eigenvalue weighted by Gasteiger charge is -2.09. The molecular formula is C7H12O3. The highest BCUT2D eigenvalue weighted by Crippen LogP contribution is 2.27. The summed E-state index contributed by atoms with van der Waals surface area (Å²) in [5, 5.41) is 0. The molecule has 3 nitrogen and oxygen atoms in total. The van der Waals surface area contributed by atoms with Gasteiger partial charge in [-0.3, -0.25) is 0 Å². The van der Waals surface area contributed by atoms with Crippen molar-refractivity contribution in [1.82, 2.24) is 0 Å². The van der Waals surface area contributed by atoms with E-state index in [1.807, 2.05) is 13.8 Å². The van der Waals surface area contributed by atoms with Crippen molar-refractivity contribution in [3.05, 3.63) is 0 Å². The molecule has 0 aromatic rings. The van der Waals surface area contributed by atoms with Gasteiger partial charge < -0.3 is 9.47 Å². The zero-order chi connectivity index (χ0) is 7.78. The molecule has 1 unspecified atom stereocenters. The van der Waals surface area contributed by atoms with Crippen molar-refractivity contribution in [2.75, 3.05) is 6.61 Å². The Labute approximate surface area is 60.3 Å². The predicted molar refractivity (Wildman–Crippen MR) is 35.6 cm³/mol. The van der Waals surface area contributed by atoms with Gasteiger partial charge in [-0.2, -0.15) is 0 Å². The van der Waals surface area contributed by atoms with Crippen LogP contribution in [0.2, 0.25) is 0 Å². The van der Waals surface area contributed by atoms with Gasteiger partial charge in [-0.25, -0.2) is 4.79 Å². The number of epoxide rings is 1. The van der Waals surface area contributed by atoms with Gasteiger partial charge in [-0.15, -0.1) is 0 Å². The molecule has 10 heavy (non-hydrogen) atoms. The Morgan fingerprint density at radius 3 is 2.50 bits per heavy atom. The van der Waals surface area contributed by atoms with E-state index in [1.54, 1.807) is 6.92 Å². The third-order valence-corrected chi connectivity index (χ3v) is 1.35. The zero-order valence-corrected chi connectivity index (χ0v) is 6.51. The minimum Gasteiger partial charge on any atom is -0.461 e. The summed E-state index contributed by atoms with van der Waals surface area (Å²) < 4.78 is 9.80. The molecule has 0 aromatic carbocycles. The Hall–Kier alpha value is -0.570. The first-order valence-corrected chi connectivity index (χ1v) is 3.40. The van der Waals surface area contributed by atoms with Crippen LogP contribution in [-0.2, 0) is 14.3 Å². The number of carbonyl (C=O) groups is 1. The van der Waals surface area contributed by atoms with Crippen LogP contribution in [0.4, 0.5) is 0 Å². The minimum atomic E-state index is -0.621. The van der Waals surface area contributed by atoms with E-state index in [4.69, 9.17) is 9.47 Å². The average molecular weight is 144 g/mol. The molecule has 1 heterocycles. The van der Waals surface area contributed by atoms with Gasteiger partial charge >= 0.3 is 5.97 Å². The third kappa shape index (κ3) is 1.48. The summed E-state index contributed by atoms with van der Waals surface area (Å²) in [6, 6.07) is 0. The van der Waals surface area contributed by atoms with E-state index in [9.17, 15) is 4.79 Å². The first-order valence-electron chi connectivity index (χ1n) is 3.40. The molecule has 58 valence electrons. The molecule has 1 fully saturated rings. The summed E-state index contributed by atoms with van der Waals surface area (Å²) in [4.78, 5) is 11.0. The smallest absolute Gasteiger partial charge is 0.340 e. The summed E-state index contributed by atoms with van der Waals surface area (Å²) >= 11 is 0. The first kappa shape index (κ1) is 7.54. The highest BCUT2D eigenvalue weighted by Gasteiger charge is 2.49. The molecule has 3 heteroatoms. The monoisotopic (exact) mass is 144 g/mol. The molecule has 1 saturated heterocycles. The molecule has 1 aliphatic rings. The lowest BCUT2D eigenvalue weighted by molar-refractivity contribution is -0.153. The quantitative estimate of drug-likeness (QED) is 0.423. The average Bonchev–Trinajstić information content (AvgIpc) is 2.47. The van der Waals surface area contributed by atoms with Gasteiger partial charge in [0.25, 0.3) is 0 Å². The molecule has 1 aliphatic heterocycles. The van der Waals surface area contributed by atoms with Crippen LogP contribution in [0.5, 0.6) is 0 Å². The molecule has 0 amide bonds. The Balaban J connectivity index is 2.35. The van der Waals surface area contributed by atoms with E-state index in [1.165, 1.54) is 0 Å². The number of ether oxygens (including phenoxy) is 2. The fraction of sp³-hybridized carbons (Fsp3) is 0.857. The topological polar surface area (TPSA) is 38.8 Å². The Morgan fingerprint density at radius 2 is 2.20 bits per heavy atom. The normalized spacial score (nSPS) is 30.4. The fourth-order valence-corrected chi connectivity index (χ4v) is 0.565. The SMILES string of the molecule is CC(C)OC(=O)C1(C)CO1. The van der Waals surface area contributed by atoms with E-state index in [2.05, 4.69) is 0 Å². The third-order valence-electron chi connectivity index (χ3n) is 1.35. The first-order chi connectivity index (χ1) is 4.54. The molecule has 0 saturated carbocycles. The van der Waals surface area contributed by atoms with E-state index in [0.717, 1.165) is 0 Å². The molecule has 0 aromatic heterocycles. The highest BCUT2D eigenvalue weighted by molar-refractivity contribution is 5.81. The van der Waals surface area contributed by atoms with Crippen molar-refractivity contribution >= 4 is 5.97 Å². The van der Waals surface area contributed by atoms with Crippen LogP contribution in [-0.4, -0.2) is 24.3 Å². The van der Waals surface area contributed by atoms with Crippen molar-refractivity contribution in [3.8, 4) is 0 Å². The van der Waals surface area contributed by atoms with Crippen molar-refractivity contribution in [1.29, 1.82) is 0 Å². The molecule has 0 aliphatic carbocycles. The maximum Gasteiger partial charge on any atom is 0.340 e. The number of hydrogen-bond donors (Lipinski definition) is 0. The summed E-state index contributed by atoms with van der Waals surface area (Å²) in [6.45, 7) is 5.88. The lowest BCUT2D eigenvalue weighted by Crippen LogP contribution is -2.25. The number of esters is 1.